The lowest BCUT2D eigenvalue weighted by atomic mass is 10.1. The highest BCUT2D eigenvalue weighted by Crippen LogP contribution is 2.24. The predicted molar refractivity (Wildman–Crippen MR) is 74.4 cm³/mol. The Balaban J connectivity index is 1.92. The second kappa shape index (κ2) is 5.47. The number of benzene rings is 1. The van der Waals surface area contributed by atoms with Crippen LogP contribution in [0.1, 0.15) is 24.5 Å². The van der Waals surface area contributed by atoms with Gasteiger partial charge in [0.05, 0.1) is 6.10 Å². The van der Waals surface area contributed by atoms with Crippen LogP contribution in [0, 0.1) is 0 Å². The van der Waals surface area contributed by atoms with Gasteiger partial charge in [-0.05, 0) is 61.7 Å². The fourth-order valence-corrected chi connectivity index (χ4v) is 2.27. The zero-order valence-electron chi connectivity index (χ0n) is 9.99. The normalized spacial score (nSPS) is 15.2. The molecular weight excluding hydrogens is 232 g/mol. The first-order valence-corrected chi connectivity index (χ1v) is 6.40. The Bertz CT molecular complexity index is 418. The molecule has 0 aromatic heterocycles. The molecule has 17 heavy (non-hydrogen) atoms. The van der Waals surface area contributed by atoms with Gasteiger partial charge in [0, 0.05) is 12.2 Å². The minimum absolute atomic E-state index is 0.394. The number of aryl methyl sites for hydroxylation is 2. The van der Waals surface area contributed by atoms with Crippen LogP contribution in [0.3, 0.4) is 0 Å². The van der Waals surface area contributed by atoms with Crippen LogP contribution < -0.4 is 10.6 Å². The van der Waals surface area contributed by atoms with E-state index in [9.17, 15) is 0 Å². The van der Waals surface area contributed by atoms with Crippen molar-refractivity contribution in [3.63, 3.8) is 0 Å². The maximum Gasteiger partial charge on any atom is 0.170 e. The molecule has 3 N–H and O–H groups in total. The number of rotatable bonds is 3. The molecule has 1 aliphatic rings. The van der Waals surface area contributed by atoms with Crippen LogP contribution in [0.4, 0.5) is 5.69 Å². The lowest BCUT2D eigenvalue weighted by Gasteiger charge is -2.12. The van der Waals surface area contributed by atoms with Crippen LogP contribution in [-0.2, 0) is 12.8 Å². The van der Waals surface area contributed by atoms with Gasteiger partial charge in [-0.3, -0.25) is 0 Å². The van der Waals surface area contributed by atoms with Gasteiger partial charge >= 0.3 is 0 Å². The van der Waals surface area contributed by atoms with Crippen LogP contribution >= 0.6 is 12.2 Å². The minimum atomic E-state index is -0.394. The number of thiocarbonyl (C=S) groups is 1. The first-order chi connectivity index (χ1) is 8.15. The lowest BCUT2D eigenvalue weighted by Crippen LogP contribution is -2.33. The number of aliphatic hydroxyl groups is 1. The van der Waals surface area contributed by atoms with E-state index in [1.807, 2.05) is 0 Å². The van der Waals surface area contributed by atoms with Gasteiger partial charge in [-0.25, -0.2) is 0 Å². The third-order valence-corrected chi connectivity index (χ3v) is 3.16. The highest BCUT2D eigenvalue weighted by molar-refractivity contribution is 7.80. The third kappa shape index (κ3) is 3.41. The summed E-state index contributed by atoms with van der Waals surface area (Å²) >= 11 is 5.15. The summed E-state index contributed by atoms with van der Waals surface area (Å²) in [5.41, 5.74) is 3.90. The molecule has 0 radical (unpaired) electrons. The number of hydrogen-bond donors (Lipinski definition) is 3. The molecule has 92 valence electrons. The molecule has 0 aliphatic heterocycles. The third-order valence-electron chi connectivity index (χ3n) is 2.91. The first-order valence-electron chi connectivity index (χ1n) is 6.00. The van der Waals surface area contributed by atoms with E-state index in [1.165, 1.54) is 30.4 Å². The van der Waals surface area contributed by atoms with E-state index in [0.29, 0.717) is 11.7 Å². The maximum absolute atomic E-state index is 9.14. The zero-order chi connectivity index (χ0) is 12.3. The Labute approximate surface area is 107 Å². The van der Waals surface area contributed by atoms with Gasteiger partial charge in [-0.15, -0.1) is 0 Å². The fourth-order valence-electron chi connectivity index (χ4n) is 2.07. The highest BCUT2D eigenvalue weighted by atomic mass is 32.1. The van der Waals surface area contributed by atoms with E-state index in [4.69, 9.17) is 17.3 Å². The summed E-state index contributed by atoms with van der Waals surface area (Å²) in [5.74, 6) is 0. The molecule has 3 nitrogen and oxygen atoms in total. The van der Waals surface area contributed by atoms with Crippen LogP contribution in [0.5, 0.6) is 0 Å². The Morgan fingerprint density at radius 3 is 2.94 bits per heavy atom. The summed E-state index contributed by atoms with van der Waals surface area (Å²) in [5, 5.41) is 15.8. The molecule has 2 rings (SSSR count). The summed E-state index contributed by atoms with van der Waals surface area (Å²) in [6.45, 7) is 2.20. The van der Waals surface area contributed by atoms with Gasteiger partial charge < -0.3 is 15.7 Å². The first kappa shape index (κ1) is 12.3. The molecule has 1 aliphatic carbocycles. The van der Waals surface area contributed by atoms with Gasteiger partial charge in [0.25, 0.3) is 0 Å². The van der Waals surface area contributed by atoms with Gasteiger partial charge in [0.15, 0.2) is 5.11 Å². The average Bonchev–Trinajstić information content (AvgIpc) is 2.73. The standard InChI is InChI=1S/C13H18N2OS/c1-9(16)8-14-13(17)15-12-6-5-10-3-2-4-11(10)7-12/h5-7,9,16H,2-4,8H2,1H3,(H2,14,15,17)/t9-/m0/s1. The number of nitrogens with one attached hydrogen (secondary N) is 2. The van der Waals surface area contributed by atoms with Gasteiger partial charge in [0.1, 0.15) is 0 Å². The number of fused-ring (bicyclic) bond motifs is 1. The Morgan fingerprint density at radius 2 is 2.18 bits per heavy atom. The van der Waals surface area contributed by atoms with Crippen LogP contribution in [0.2, 0.25) is 0 Å². The predicted octanol–water partition coefficient (Wildman–Crippen LogP) is 1.84. The number of aliphatic hydroxyl groups excluding tert-OH is 1. The Hall–Kier alpha value is -1.13. The summed E-state index contributed by atoms with van der Waals surface area (Å²) < 4.78 is 0. The van der Waals surface area contributed by atoms with Crippen molar-refractivity contribution in [2.45, 2.75) is 32.3 Å². The number of hydrogen-bond acceptors (Lipinski definition) is 2. The van der Waals surface area contributed by atoms with Crippen molar-refractivity contribution >= 4 is 23.0 Å². The second-order valence-corrected chi connectivity index (χ2v) is 4.93. The molecule has 1 aromatic carbocycles. The van der Waals surface area contributed by atoms with E-state index in [2.05, 4.69) is 28.8 Å². The molecule has 4 heteroatoms. The summed E-state index contributed by atoms with van der Waals surface area (Å²) in [6.07, 6.45) is 3.22. The van der Waals surface area contributed by atoms with Crippen molar-refractivity contribution in [1.82, 2.24) is 5.32 Å². The van der Waals surface area contributed by atoms with Crippen molar-refractivity contribution < 1.29 is 5.11 Å². The van der Waals surface area contributed by atoms with Gasteiger partial charge in [-0.2, -0.15) is 0 Å². The van der Waals surface area contributed by atoms with Crippen molar-refractivity contribution in [3.05, 3.63) is 29.3 Å². The van der Waals surface area contributed by atoms with E-state index < -0.39 is 6.10 Å². The van der Waals surface area contributed by atoms with Crippen molar-refractivity contribution in [2.75, 3.05) is 11.9 Å². The average molecular weight is 250 g/mol. The Morgan fingerprint density at radius 1 is 1.41 bits per heavy atom. The van der Waals surface area contributed by atoms with Crippen molar-refractivity contribution in [1.29, 1.82) is 0 Å². The smallest absolute Gasteiger partial charge is 0.170 e. The SMILES string of the molecule is C[C@H](O)CNC(=S)Nc1ccc2c(c1)CCC2. The summed E-state index contributed by atoms with van der Waals surface area (Å²) in [4.78, 5) is 0. The van der Waals surface area contributed by atoms with Crippen LogP contribution in [-0.4, -0.2) is 22.9 Å². The van der Waals surface area contributed by atoms with Crippen molar-refractivity contribution in [3.8, 4) is 0 Å². The largest absolute Gasteiger partial charge is 0.392 e. The Kier molecular flexibility index (Phi) is 3.97. The van der Waals surface area contributed by atoms with E-state index >= 15 is 0 Å². The van der Waals surface area contributed by atoms with E-state index in [1.54, 1.807) is 6.92 Å². The fraction of sp³-hybridized carbons (Fsp3) is 0.462. The topological polar surface area (TPSA) is 44.3 Å². The lowest BCUT2D eigenvalue weighted by molar-refractivity contribution is 0.198. The van der Waals surface area contributed by atoms with Crippen LogP contribution in [0.15, 0.2) is 18.2 Å². The van der Waals surface area contributed by atoms with E-state index in [0.717, 1.165) is 5.69 Å². The second-order valence-electron chi connectivity index (χ2n) is 4.52. The zero-order valence-corrected chi connectivity index (χ0v) is 10.8. The molecule has 1 atom stereocenters. The molecule has 0 fully saturated rings. The summed E-state index contributed by atoms with van der Waals surface area (Å²) in [6, 6.07) is 6.39. The molecular formula is C13H18N2OS. The minimum Gasteiger partial charge on any atom is -0.392 e. The van der Waals surface area contributed by atoms with E-state index in [-0.39, 0.29) is 0 Å². The van der Waals surface area contributed by atoms with Gasteiger partial charge in [0.2, 0.25) is 0 Å². The molecule has 0 unspecified atom stereocenters. The molecule has 0 saturated carbocycles. The summed E-state index contributed by atoms with van der Waals surface area (Å²) in [7, 11) is 0. The molecule has 0 spiro atoms. The van der Waals surface area contributed by atoms with Crippen molar-refractivity contribution in [2.24, 2.45) is 0 Å². The van der Waals surface area contributed by atoms with Gasteiger partial charge in [-0.1, -0.05) is 6.07 Å². The monoisotopic (exact) mass is 250 g/mol. The number of anilines is 1. The molecule has 1 aromatic rings. The molecule has 0 heterocycles. The maximum atomic E-state index is 9.14. The highest BCUT2D eigenvalue weighted by Gasteiger charge is 2.11. The molecule has 0 amide bonds. The molecule has 0 saturated heterocycles. The quantitative estimate of drug-likeness (QED) is 0.716. The van der Waals surface area contributed by atoms with Crippen LogP contribution in [0.25, 0.3) is 0 Å². The molecule has 0 bridgehead atoms.